The lowest BCUT2D eigenvalue weighted by atomic mass is 10.1. The molecule has 1 fully saturated rings. The van der Waals surface area contributed by atoms with E-state index in [1.54, 1.807) is 0 Å². The van der Waals surface area contributed by atoms with Crippen LogP contribution in [0.2, 0.25) is 5.02 Å². The van der Waals surface area contributed by atoms with Crippen LogP contribution >= 0.6 is 11.6 Å². The summed E-state index contributed by atoms with van der Waals surface area (Å²) in [4.78, 5) is 2.48. The van der Waals surface area contributed by atoms with Crippen molar-refractivity contribution in [1.82, 2.24) is 4.90 Å². The van der Waals surface area contributed by atoms with E-state index in [0.717, 1.165) is 36.7 Å². The molecule has 19 heavy (non-hydrogen) atoms. The van der Waals surface area contributed by atoms with Crippen LogP contribution in [0.25, 0.3) is 0 Å². The van der Waals surface area contributed by atoms with Crippen LogP contribution in [0, 0.1) is 0 Å². The van der Waals surface area contributed by atoms with E-state index in [4.69, 9.17) is 21.4 Å². The summed E-state index contributed by atoms with van der Waals surface area (Å²) in [6.45, 7) is 3.11. The largest absolute Gasteiger partial charge is 0.492 e. The normalized spacial score (nSPS) is 19.8. The molecule has 0 aromatic heterocycles. The van der Waals surface area contributed by atoms with Gasteiger partial charge in [0.15, 0.2) is 0 Å². The lowest BCUT2D eigenvalue weighted by Crippen LogP contribution is -2.33. The minimum Gasteiger partial charge on any atom is -0.492 e. The van der Waals surface area contributed by atoms with Crippen LogP contribution in [-0.2, 0) is 0 Å². The summed E-state index contributed by atoms with van der Waals surface area (Å²) in [5.74, 6) is 0.871. The van der Waals surface area contributed by atoms with Gasteiger partial charge in [0.05, 0.1) is 0 Å². The van der Waals surface area contributed by atoms with Crippen LogP contribution < -0.4 is 4.74 Å². The van der Waals surface area contributed by atoms with Gasteiger partial charge in [-0.3, -0.25) is 4.90 Å². The van der Waals surface area contributed by atoms with Crippen molar-refractivity contribution in [1.29, 1.82) is 0 Å². The molecule has 0 radical (unpaired) electrons. The van der Waals surface area contributed by atoms with E-state index in [-0.39, 0.29) is 0 Å². The zero-order valence-electron chi connectivity index (χ0n) is 11.2. The zero-order valence-corrected chi connectivity index (χ0v) is 12.0. The summed E-state index contributed by atoms with van der Waals surface area (Å²) >= 11 is 5.83. The van der Waals surface area contributed by atoms with Crippen LogP contribution in [-0.4, -0.2) is 42.4 Å². The van der Waals surface area contributed by atoms with Crippen molar-refractivity contribution < 1.29 is 9.84 Å². The Balaban J connectivity index is 1.71. The zero-order chi connectivity index (χ0) is 13.5. The highest BCUT2D eigenvalue weighted by Crippen LogP contribution is 2.21. The van der Waals surface area contributed by atoms with Crippen LogP contribution in [0.5, 0.6) is 5.75 Å². The third-order valence-electron chi connectivity index (χ3n) is 3.66. The van der Waals surface area contributed by atoms with Gasteiger partial charge in [-0.2, -0.15) is 0 Å². The van der Waals surface area contributed by atoms with Crippen molar-refractivity contribution in [2.75, 3.05) is 26.3 Å². The van der Waals surface area contributed by atoms with E-state index < -0.39 is 0 Å². The van der Waals surface area contributed by atoms with Gasteiger partial charge < -0.3 is 9.84 Å². The summed E-state index contributed by atoms with van der Waals surface area (Å²) in [6.07, 6.45) is 4.51. The molecule has 106 valence electrons. The van der Waals surface area contributed by atoms with Gasteiger partial charge in [0.2, 0.25) is 0 Å². The summed E-state index contributed by atoms with van der Waals surface area (Å²) in [7, 11) is 0. The molecule has 0 aliphatic carbocycles. The Morgan fingerprint density at radius 1 is 1.32 bits per heavy atom. The van der Waals surface area contributed by atoms with Crippen LogP contribution in [0.15, 0.2) is 24.3 Å². The van der Waals surface area contributed by atoms with E-state index in [9.17, 15) is 0 Å². The molecule has 1 N–H and O–H groups in total. The second-order valence-corrected chi connectivity index (χ2v) is 5.44. The standard InChI is InChI=1S/C15H22ClNO2/c16-13-5-7-15(8-6-13)19-12-10-17-9-1-3-14(17)4-2-11-18/h5-8,14,18H,1-4,9-12H2. The molecular weight excluding hydrogens is 262 g/mol. The first-order valence-electron chi connectivity index (χ1n) is 7.03. The molecule has 1 heterocycles. The second-order valence-electron chi connectivity index (χ2n) is 5.00. The average Bonchev–Trinajstić information content (AvgIpc) is 2.86. The molecule has 1 aromatic carbocycles. The highest BCUT2D eigenvalue weighted by molar-refractivity contribution is 6.30. The molecule has 1 aliphatic heterocycles. The lowest BCUT2D eigenvalue weighted by molar-refractivity contribution is 0.180. The maximum absolute atomic E-state index is 8.91. The molecular formula is C15H22ClNO2. The number of rotatable bonds is 7. The molecule has 3 nitrogen and oxygen atoms in total. The molecule has 0 saturated carbocycles. The molecule has 2 rings (SSSR count). The van der Waals surface area contributed by atoms with E-state index in [1.807, 2.05) is 24.3 Å². The number of nitrogens with zero attached hydrogens (tertiary/aromatic N) is 1. The fraction of sp³-hybridized carbons (Fsp3) is 0.600. The first kappa shape index (κ1) is 14.6. The van der Waals surface area contributed by atoms with Gasteiger partial charge in [-0.25, -0.2) is 0 Å². The SMILES string of the molecule is OCCCC1CCCN1CCOc1ccc(Cl)cc1. The monoisotopic (exact) mass is 283 g/mol. The van der Waals surface area contributed by atoms with E-state index in [2.05, 4.69) is 4.90 Å². The molecule has 4 heteroatoms. The summed E-state index contributed by atoms with van der Waals surface area (Å²) in [5, 5.41) is 9.64. The number of aliphatic hydroxyl groups is 1. The molecule has 1 atom stereocenters. The third kappa shape index (κ3) is 4.68. The predicted molar refractivity (Wildman–Crippen MR) is 77.9 cm³/mol. The van der Waals surface area contributed by atoms with Gasteiger partial charge in [0.1, 0.15) is 12.4 Å². The quantitative estimate of drug-likeness (QED) is 0.835. The van der Waals surface area contributed by atoms with Crippen molar-refractivity contribution in [2.45, 2.75) is 31.7 Å². The Labute approximate surface area is 120 Å². The molecule has 1 unspecified atom stereocenters. The molecule has 0 bridgehead atoms. The Hall–Kier alpha value is -0.770. The molecule has 0 spiro atoms. The number of halogens is 1. The second kappa shape index (κ2) is 7.73. The first-order chi connectivity index (χ1) is 9.29. The number of ether oxygens (including phenoxy) is 1. The average molecular weight is 284 g/mol. The number of aliphatic hydroxyl groups excluding tert-OH is 1. The first-order valence-corrected chi connectivity index (χ1v) is 7.40. The summed E-state index contributed by atoms with van der Waals surface area (Å²) < 4.78 is 5.73. The number of hydrogen-bond donors (Lipinski definition) is 1. The number of hydrogen-bond acceptors (Lipinski definition) is 3. The molecule has 1 aliphatic rings. The van der Waals surface area contributed by atoms with Gasteiger partial charge >= 0.3 is 0 Å². The minimum atomic E-state index is 0.297. The van der Waals surface area contributed by atoms with Crippen molar-refractivity contribution in [3.63, 3.8) is 0 Å². The van der Waals surface area contributed by atoms with Crippen LogP contribution in [0.4, 0.5) is 0 Å². The van der Waals surface area contributed by atoms with Crippen LogP contribution in [0.3, 0.4) is 0 Å². The number of benzene rings is 1. The van der Waals surface area contributed by atoms with E-state index in [0.29, 0.717) is 19.3 Å². The molecule has 1 saturated heterocycles. The van der Waals surface area contributed by atoms with Crippen molar-refractivity contribution in [3.05, 3.63) is 29.3 Å². The van der Waals surface area contributed by atoms with Crippen molar-refractivity contribution in [3.8, 4) is 5.75 Å². The fourth-order valence-corrected chi connectivity index (χ4v) is 2.78. The van der Waals surface area contributed by atoms with Crippen molar-refractivity contribution in [2.24, 2.45) is 0 Å². The Bertz CT molecular complexity index is 369. The highest BCUT2D eigenvalue weighted by Gasteiger charge is 2.23. The summed E-state index contributed by atoms with van der Waals surface area (Å²) in [5.41, 5.74) is 0. The van der Waals surface area contributed by atoms with Gasteiger partial charge in [0, 0.05) is 24.2 Å². The molecule has 0 amide bonds. The Kier molecular flexibility index (Phi) is 5.95. The fourth-order valence-electron chi connectivity index (χ4n) is 2.65. The van der Waals surface area contributed by atoms with Crippen molar-refractivity contribution >= 4 is 11.6 Å². The van der Waals surface area contributed by atoms with Gasteiger partial charge in [0.25, 0.3) is 0 Å². The topological polar surface area (TPSA) is 32.7 Å². The van der Waals surface area contributed by atoms with Gasteiger partial charge in [-0.15, -0.1) is 0 Å². The Morgan fingerprint density at radius 2 is 2.11 bits per heavy atom. The highest BCUT2D eigenvalue weighted by atomic mass is 35.5. The van der Waals surface area contributed by atoms with Gasteiger partial charge in [-0.1, -0.05) is 11.6 Å². The maximum atomic E-state index is 8.91. The lowest BCUT2D eigenvalue weighted by Gasteiger charge is -2.24. The number of likely N-dealkylation sites (tertiary alicyclic amines) is 1. The minimum absolute atomic E-state index is 0.297. The molecule has 1 aromatic rings. The smallest absolute Gasteiger partial charge is 0.119 e. The maximum Gasteiger partial charge on any atom is 0.119 e. The van der Waals surface area contributed by atoms with E-state index in [1.165, 1.54) is 12.8 Å². The van der Waals surface area contributed by atoms with Gasteiger partial charge in [-0.05, 0) is 56.5 Å². The third-order valence-corrected chi connectivity index (χ3v) is 3.91. The van der Waals surface area contributed by atoms with E-state index >= 15 is 0 Å². The van der Waals surface area contributed by atoms with Crippen LogP contribution in [0.1, 0.15) is 25.7 Å². The Morgan fingerprint density at radius 3 is 2.84 bits per heavy atom. The summed E-state index contributed by atoms with van der Waals surface area (Å²) in [6, 6.07) is 8.11. The predicted octanol–water partition coefficient (Wildman–Crippen LogP) is 2.96.